The zero-order valence-electron chi connectivity index (χ0n) is 15.5. The molecule has 1 aliphatic rings. The van der Waals surface area contributed by atoms with Gasteiger partial charge in [-0.2, -0.15) is 0 Å². The van der Waals surface area contributed by atoms with Crippen molar-refractivity contribution in [1.29, 1.82) is 5.41 Å². The van der Waals surface area contributed by atoms with Gasteiger partial charge in [0, 0.05) is 36.6 Å². The van der Waals surface area contributed by atoms with Crippen molar-refractivity contribution in [2.45, 2.75) is 31.1 Å². The van der Waals surface area contributed by atoms with Crippen molar-refractivity contribution in [1.82, 2.24) is 4.90 Å². The third-order valence-corrected chi connectivity index (χ3v) is 5.79. The first-order valence-corrected chi connectivity index (χ1v) is 9.46. The van der Waals surface area contributed by atoms with E-state index in [9.17, 15) is 0 Å². The SMILES string of the molecule is CNc1cc(C(=N)N(C)CC2(c3ccc(Cl)cc3)CCCC2)ccc1N. The second-order valence-electron chi connectivity index (χ2n) is 7.25. The molecule has 0 unspecified atom stereocenters. The van der Waals surface area contributed by atoms with Gasteiger partial charge in [0.25, 0.3) is 0 Å². The molecule has 3 rings (SSSR count). The standard InChI is InChI=1S/C21H27ClN4/c1-25-19-13-15(5-10-18(19)23)20(24)26(2)14-21(11-3-4-12-21)16-6-8-17(22)9-7-16/h5-10,13,24-25H,3-4,11-12,14,23H2,1-2H3. The minimum Gasteiger partial charge on any atom is -0.397 e. The number of nitrogen functional groups attached to an aromatic ring is 1. The molecule has 0 spiro atoms. The van der Waals surface area contributed by atoms with E-state index in [0.29, 0.717) is 11.5 Å². The number of likely N-dealkylation sites (N-methyl/N-ethyl adjacent to an activating group) is 1. The summed E-state index contributed by atoms with van der Waals surface area (Å²) in [6.45, 7) is 0.826. The highest BCUT2D eigenvalue weighted by atomic mass is 35.5. The first-order valence-electron chi connectivity index (χ1n) is 9.08. The third-order valence-electron chi connectivity index (χ3n) is 5.53. The lowest BCUT2D eigenvalue weighted by Crippen LogP contribution is -2.40. The monoisotopic (exact) mass is 370 g/mol. The molecule has 1 saturated carbocycles. The van der Waals surface area contributed by atoms with Crippen LogP contribution < -0.4 is 11.1 Å². The number of hydrogen-bond donors (Lipinski definition) is 3. The first kappa shape index (κ1) is 18.6. The Morgan fingerprint density at radius 1 is 1.19 bits per heavy atom. The molecule has 2 aromatic carbocycles. The minimum atomic E-state index is 0.0886. The topological polar surface area (TPSA) is 65.1 Å². The van der Waals surface area contributed by atoms with Crippen molar-refractivity contribution in [3.05, 3.63) is 58.6 Å². The highest BCUT2D eigenvalue weighted by molar-refractivity contribution is 6.30. The largest absolute Gasteiger partial charge is 0.397 e. The van der Waals surface area contributed by atoms with Crippen molar-refractivity contribution in [3.63, 3.8) is 0 Å². The number of halogens is 1. The molecule has 0 amide bonds. The highest BCUT2D eigenvalue weighted by Gasteiger charge is 2.37. The van der Waals surface area contributed by atoms with Crippen molar-refractivity contribution in [2.24, 2.45) is 0 Å². The number of nitrogens with zero attached hydrogens (tertiary/aromatic N) is 1. The number of nitrogens with two attached hydrogens (primary N) is 1. The second-order valence-corrected chi connectivity index (χ2v) is 7.69. The summed E-state index contributed by atoms with van der Waals surface area (Å²) in [5.41, 5.74) is 9.80. The Morgan fingerprint density at radius 2 is 1.85 bits per heavy atom. The lowest BCUT2D eigenvalue weighted by Gasteiger charge is -2.35. The molecule has 1 fully saturated rings. The molecule has 0 heterocycles. The number of amidine groups is 1. The van der Waals surface area contributed by atoms with Gasteiger partial charge in [0.15, 0.2) is 0 Å². The summed E-state index contributed by atoms with van der Waals surface area (Å²) in [6, 6.07) is 14.0. The summed E-state index contributed by atoms with van der Waals surface area (Å²) >= 11 is 6.08. The van der Waals surface area contributed by atoms with Crippen molar-refractivity contribution in [2.75, 3.05) is 31.7 Å². The highest BCUT2D eigenvalue weighted by Crippen LogP contribution is 2.42. The molecule has 2 aromatic rings. The van der Waals surface area contributed by atoms with Crippen LogP contribution >= 0.6 is 11.6 Å². The molecule has 0 aliphatic heterocycles. The molecule has 26 heavy (non-hydrogen) atoms. The molecular weight excluding hydrogens is 344 g/mol. The maximum atomic E-state index is 8.66. The van der Waals surface area contributed by atoms with E-state index < -0.39 is 0 Å². The Morgan fingerprint density at radius 3 is 2.46 bits per heavy atom. The molecule has 5 heteroatoms. The number of rotatable bonds is 5. The molecule has 0 aromatic heterocycles. The van der Waals surface area contributed by atoms with Gasteiger partial charge in [-0.05, 0) is 48.7 Å². The maximum absolute atomic E-state index is 8.66. The van der Waals surface area contributed by atoms with E-state index in [1.165, 1.54) is 18.4 Å². The van der Waals surface area contributed by atoms with Crippen molar-refractivity contribution >= 4 is 28.8 Å². The van der Waals surface area contributed by atoms with Crippen LogP contribution in [-0.4, -0.2) is 31.4 Å². The van der Waals surface area contributed by atoms with E-state index in [1.54, 1.807) is 0 Å². The predicted molar refractivity (Wildman–Crippen MR) is 111 cm³/mol. The number of benzene rings is 2. The number of nitrogens with one attached hydrogen (secondary N) is 2. The quantitative estimate of drug-likeness (QED) is 0.405. The van der Waals surface area contributed by atoms with E-state index in [-0.39, 0.29) is 5.41 Å². The molecule has 4 nitrogen and oxygen atoms in total. The molecule has 0 bridgehead atoms. The van der Waals surface area contributed by atoms with Gasteiger partial charge in [-0.1, -0.05) is 36.6 Å². The van der Waals surface area contributed by atoms with Crippen LogP contribution in [0.4, 0.5) is 11.4 Å². The van der Waals surface area contributed by atoms with Crippen LogP contribution in [0.25, 0.3) is 0 Å². The van der Waals surface area contributed by atoms with Gasteiger partial charge in [-0.25, -0.2) is 0 Å². The van der Waals surface area contributed by atoms with E-state index in [1.807, 2.05) is 44.4 Å². The van der Waals surface area contributed by atoms with Gasteiger partial charge in [0.05, 0.1) is 11.4 Å². The van der Waals surface area contributed by atoms with Gasteiger partial charge < -0.3 is 16.0 Å². The van der Waals surface area contributed by atoms with Gasteiger partial charge in [-0.15, -0.1) is 0 Å². The van der Waals surface area contributed by atoms with Crippen LogP contribution in [0.5, 0.6) is 0 Å². The summed E-state index contributed by atoms with van der Waals surface area (Å²) in [5, 5.41) is 12.5. The Balaban J connectivity index is 1.83. The fourth-order valence-corrected chi connectivity index (χ4v) is 4.19. The molecule has 0 radical (unpaired) electrons. The van der Waals surface area contributed by atoms with Gasteiger partial charge in [0.2, 0.25) is 0 Å². The Kier molecular flexibility index (Phi) is 5.42. The van der Waals surface area contributed by atoms with Gasteiger partial charge in [0.1, 0.15) is 5.84 Å². The van der Waals surface area contributed by atoms with Crippen molar-refractivity contribution in [3.8, 4) is 0 Å². The molecule has 0 atom stereocenters. The summed E-state index contributed by atoms with van der Waals surface area (Å²) in [6.07, 6.45) is 4.76. The Labute approximate surface area is 160 Å². The molecule has 0 saturated heterocycles. The van der Waals surface area contributed by atoms with Gasteiger partial charge >= 0.3 is 0 Å². The Hall–Kier alpha value is -2.20. The summed E-state index contributed by atoms with van der Waals surface area (Å²) in [4.78, 5) is 2.06. The summed E-state index contributed by atoms with van der Waals surface area (Å²) < 4.78 is 0. The fraction of sp³-hybridized carbons (Fsp3) is 0.381. The minimum absolute atomic E-state index is 0.0886. The lowest BCUT2D eigenvalue weighted by atomic mass is 9.78. The predicted octanol–water partition coefficient (Wildman–Crippen LogP) is 4.73. The van der Waals surface area contributed by atoms with E-state index in [0.717, 1.165) is 35.7 Å². The van der Waals surface area contributed by atoms with Crippen molar-refractivity contribution < 1.29 is 0 Å². The van der Waals surface area contributed by atoms with E-state index >= 15 is 0 Å². The first-order chi connectivity index (χ1) is 12.4. The van der Waals surface area contributed by atoms with E-state index in [4.69, 9.17) is 22.7 Å². The maximum Gasteiger partial charge on any atom is 0.127 e. The second kappa shape index (κ2) is 7.58. The van der Waals surface area contributed by atoms with Crippen LogP contribution in [0.3, 0.4) is 0 Å². The van der Waals surface area contributed by atoms with Gasteiger partial charge in [-0.3, -0.25) is 5.41 Å². The fourth-order valence-electron chi connectivity index (χ4n) is 4.07. The van der Waals surface area contributed by atoms with Crippen LogP contribution in [-0.2, 0) is 5.41 Å². The average molecular weight is 371 g/mol. The zero-order chi connectivity index (χ0) is 18.7. The van der Waals surface area contributed by atoms with Crippen LogP contribution in [0.15, 0.2) is 42.5 Å². The zero-order valence-corrected chi connectivity index (χ0v) is 16.2. The summed E-state index contributed by atoms with van der Waals surface area (Å²) in [5.74, 6) is 0.515. The van der Waals surface area contributed by atoms with E-state index in [2.05, 4.69) is 22.3 Å². The molecule has 1 aliphatic carbocycles. The summed E-state index contributed by atoms with van der Waals surface area (Å²) in [7, 11) is 3.85. The van der Waals surface area contributed by atoms with Crippen LogP contribution in [0, 0.1) is 5.41 Å². The van der Waals surface area contributed by atoms with Crippen LogP contribution in [0.1, 0.15) is 36.8 Å². The molecule has 4 N–H and O–H groups in total. The lowest BCUT2D eigenvalue weighted by molar-refractivity contribution is 0.329. The average Bonchev–Trinajstić information content (AvgIpc) is 3.11. The normalized spacial score (nSPS) is 15.7. The Bertz CT molecular complexity index is 779. The third kappa shape index (κ3) is 3.65. The smallest absolute Gasteiger partial charge is 0.127 e. The number of hydrogen-bond acceptors (Lipinski definition) is 3. The molecule has 138 valence electrons. The van der Waals surface area contributed by atoms with Crippen LogP contribution in [0.2, 0.25) is 5.02 Å². The molecular formula is C21H27ClN4. The number of anilines is 2.